The summed E-state index contributed by atoms with van der Waals surface area (Å²) in [5.74, 6) is 4.03. The molecule has 0 saturated heterocycles. The lowest BCUT2D eigenvalue weighted by Crippen LogP contribution is -2.36. The highest BCUT2D eigenvalue weighted by Gasteiger charge is 2.29. The summed E-state index contributed by atoms with van der Waals surface area (Å²) in [6.45, 7) is 9.42. The minimum atomic E-state index is -0.500. The fourth-order valence-electron chi connectivity index (χ4n) is 1.78. The zero-order valence-electron chi connectivity index (χ0n) is 14.3. The largest absolute Gasteiger partial charge is 0.471 e. The summed E-state index contributed by atoms with van der Waals surface area (Å²) in [5.41, 5.74) is 0. The van der Waals surface area contributed by atoms with Crippen LogP contribution in [0, 0.1) is 11.8 Å². The van der Waals surface area contributed by atoms with E-state index in [-0.39, 0.29) is 24.4 Å². The van der Waals surface area contributed by atoms with Gasteiger partial charge in [0.25, 0.3) is 6.47 Å². The number of carbonyl (C=O) groups excluding carboxylic acids is 3. The molecule has 0 aliphatic heterocycles. The van der Waals surface area contributed by atoms with Crippen molar-refractivity contribution >= 4 is 18.3 Å². The number of nitrogens with zero attached hydrogens (tertiary/aromatic N) is 1. The average molecular weight is 321 g/mol. The van der Waals surface area contributed by atoms with Crippen molar-refractivity contribution in [2.24, 2.45) is 17.7 Å². The van der Waals surface area contributed by atoms with Crippen LogP contribution in [0.4, 0.5) is 0 Å². The van der Waals surface area contributed by atoms with Crippen molar-refractivity contribution in [2.75, 3.05) is 20.2 Å². The Kier molecular flexibility index (Phi) is 18.1. The summed E-state index contributed by atoms with van der Waals surface area (Å²) < 4.78 is 3.86. The third kappa shape index (κ3) is 10.1. The van der Waals surface area contributed by atoms with Gasteiger partial charge in [-0.2, -0.15) is 5.90 Å². The highest BCUT2D eigenvalue weighted by Crippen LogP contribution is 2.21. The van der Waals surface area contributed by atoms with Crippen LogP contribution in [0.25, 0.3) is 0 Å². The van der Waals surface area contributed by atoms with E-state index in [1.807, 2.05) is 27.7 Å². The fraction of sp³-hybridized carbons (Fsp3) is 0.786. The monoisotopic (exact) mass is 321 g/mol. The van der Waals surface area contributed by atoms with Crippen LogP contribution in [0.3, 0.4) is 0 Å². The molecule has 0 spiro atoms. The molecule has 1 unspecified atom stereocenters. The number of carbonyl (C=O) groups is 3. The molecule has 132 valence electrons. The molecule has 0 saturated carbocycles. The molecule has 0 fully saturated rings. The average Bonchev–Trinajstić information content (AvgIpc) is 2.52. The number of ether oxygens (including phenoxy) is 1. The number of hydrogen-bond acceptors (Lipinski definition) is 7. The zero-order chi connectivity index (χ0) is 16.8. The highest BCUT2D eigenvalue weighted by atomic mass is 16.7. The maximum absolute atomic E-state index is 11.9. The second-order valence-corrected chi connectivity index (χ2v) is 4.53. The molecule has 0 aliphatic rings. The van der Waals surface area contributed by atoms with E-state index in [9.17, 15) is 9.59 Å². The maximum atomic E-state index is 11.9. The smallest absolute Gasteiger partial charge is 0.328 e. The first-order chi connectivity index (χ1) is 9.92. The Morgan fingerprint density at radius 2 is 1.68 bits per heavy atom. The Morgan fingerprint density at radius 3 is 1.95 bits per heavy atom. The standard InChI is InChI=1S/C12H24N2O3.C2H4O2.H3N/c1-5-9(4)10(12(16)17-13)8-11(15)14(6-2)7-3;1-4-2-3;/h9-10H,5-8,13H2,1-4H3;2H,1H3;1H3/t9-,10?;;/m1../s1. The molecule has 0 aromatic heterocycles. The SMILES string of the molecule is CC[C@@H](C)C(CC(=O)N(CC)CC)C(=O)ON.COC=O.N. The van der Waals surface area contributed by atoms with Crippen LogP contribution in [-0.2, 0) is 24.0 Å². The topological polar surface area (TPSA) is 134 Å². The molecule has 2 atom stereocenters. The van der Waals surface area contributed by atoms with Gasteiger partial charge in [-0.25, -0.2) is 0 Å². The van der Waals surface area contributed by atoms with E-state index >= 15 is 0 Å². The first-order valence-electron chi connectivity index (χ1n) is 7.07. The number of methoxy groups -OCH3 is 1. The third-order valence-corrected chi connectivity index (χ3v) is 3.36. The lowest BCUT2D eigenvalue weighted by molar-refractivity contribution is -0.154. The van der Waals surface area contributed by atoms with Gasteiger partial charge in [0.15, 0.2) is 0 Å². The van der Waals surface area contributed by atoms with Gasteiger partial charge in [-0.15, -0.1) is 0 Å². The van der Waals surface area contributed by atoms with E-state index in [2.05, 4.69) is 9.57 Å². The minimum Gasteiger partial charge on any atom is -0.471 e. The first kappa shape index (κ1) is 25.3. The summed E-state index contributed by atoms with van der Waals surface area (Å²) in [4.78, 5) is 38.4. The van der Waals surface area contributed by atoms with Crippen LogP contribution >= 0.6 is 0 Å². The molecular formula is C14H31N3O5. The molecular weight excluding hydrogens is 290 g/mol. The lowest BCUT2D eigenvalue weighted by Gasteiger charge is -2.24. The highest BCUT2D eigenvalue weighted by molar-refractivity contribution is 5.83. The normalized spacial score (nSPS) is 11.7. The molecule has 0 radical (unpaired) electrons. The Labute approximate surface area is 132 Å². The fourth-order valence-corrected chi connectivity index (χ4v) is 1.78. The lowest BCUT2D eigenvalue weighted by atomic mass is 9.88. The van der Waals surface area contributed by atoms with Crippen LogP contribution in [0.2, 0.25) is 0 Å². The minimum absolute atomic E-state index is 0. The van der Waals surface area contributed by atoms with E-state index in [1.165, 1.54) is 7.11 Å². The van der Waals surface area contributed by atoms with Gasteiger partial charge in [0.05, 0.1) is 13.0 Å². The van der Waals surface area contributed by atoms with E-state index in [1.54, 1.807) is 4.90 Å². The van der Waals surface area contributed by atoms with Gasteiger partial charge < -0.3 is 20.6 Å². The first-order valence-corrected chi connectivity index (χ1v) is 7.07. The predicted octanol–water partition coefficient (Wildman–Crippen LogP) is 1.28. The Hall–Kier alpha value is -1.67. The Bertz CT molecular complexity index is 309. The van der Waals surface area contributed by atoms with Crippen molar-refractivity contribution in [3.8, 4) is 0 Å². The van der Waals surface area contributed by atoms with Gasteiger partial charge in [0.2, 0.25) is 5.91 Å². The van der Waals surface area contributed by atoms with Gasteiger partial charge in [-0.3, -0.25) is 14.4 Å². The van der Waals surface area contributed by atoms with Crippen molar-refractivity contribution in [2.45, 2.75) is 40.5 Å². The van der Waals surface area contributed by atoms with Crippen molar-refractivity contribution in [1.82, 2.24) is 11.1 Å². The molecule has 0 rings (SSSR count). The summed E-state index contributed by atoms with van der Waals surface area (Å²) in [7, 11) is 1.31. The maximum Gasteiger partial charge on any atom is 0.328 e. The van der Waals surface area contributed by atoms with Gasteiger partial charge in [-0.05, 0) is 19.8 Å². The van der Waals surface area contributed by atoms with Crippen LogP contribution in [0.15, 0.2) is 0 Å². The van der Waals surface area contributed by atoms with Gasteiger partial charge in [-0.1, -0.05) is 20.3 Å². The Morgan fingerprint density at radius 1 is 1.23 bits per heavy atom. The second kappa shape index (κ2) is 15.7. The Balaban J connectivity index is -0.000000640. The van der Waals surface area contributed by atoms with Crippen molar-refractivity contribution in [1.29, 1.82) is 0 Å². The number of hydrogen-bond donors (Lipinski definition) is 2. The molecule has 22 heavy (non-hydrogen) atoms. The van der Waals surface area contributed by atoms with E-state index < -0.39 is 11.9 Å². The van der Waals surface area contributed by atoms with Crippen LogP contribution in [0.1, 0.15) is 40.5 Å². The van der Waals surface area contributed by atoms with Gasteiger partial charge in [0, 0.05) is 19.5 Å². The zero-order valence-corrected chi connectivity index (χ0v) is 14.3. The van der Waals surface area contributed by atoms with Crippen molar-refractivity contribution in [3.05, 3.63) is 0 Å². The van der Waals surface area contributed by atoms with Crippen molar-refractivity contribution < 1.29 is 24.0 Å². The predicted molar refractivity (Wildman–Crippen MR) is 83.9 cm³/mol. The summed E-state index contributed by atoms with van der Waals surface area (Å²) in [6.07, 6.45) is 0.984. The number of rotatable bonds is 8. The van der Waals surface area contributed by atoms with E-state index in [0.717, 1.165) is 6.42 Å². The summed E-state index contributed by atoms with van der Waals surface area (Å²) in [6, 6.07) is 0. The third-order valence-electron chi connectivity index (χ3n) is 3.36. The van der Waals surface area contributed by atoms with Gasteiger partial charge in [0.1, 0.15) is 0 Å². The molecule has 0 aromatic rings. The van der Waals surface area contributed by atoms with E-state index in [4.69, 9.17) is 10.7 Å². The summed E-state index contributed by atoms with van der Waals surface area (Å²) >= 11 is 0. The molecule has 0 heterocycles. The van der Waals surface area contributed by atoms with Crippen LogP contribution < -0.4 is 12.0 Å². The molecule has 0 bridgehead atoms. The summed E-state index contributed by atoms with van der Waals surface area (Å²) in [5, 5.41) is 0. The van der Waals surface area contributed by atoms with Gasteiger partial charge >= 0.3 is 5.97 Å². The molecule has 8 heteroatoms. The van der Waals surface area contributed by atoms with Crippen LogP contribution in [0.5, 0.6) is 0 Å². The number of nitrogens with two attached hydrogens (primary N) is 1. The second-order valence-electron chi connectivity index (χ2n) is 4.53. The van der Waals surface area contributed by atoms with Crippen LogP contribution in [-0.4, -0.2) is 43.4 Å². The molecule has 0 aliphatic carbocycles. The van der Waals surface area contributed by atoms with E-state index in [0.29, 0.717) is 19.6 Å². The molecule has 1 amide bonds. The quantitative estimate of drug-likeness (QED) is 0.508. The molecule has 5 N–H and O–H groups in total. The molecule has 8 nitrogen and oxygen atoms in total. The van der Waals surface area contributed by atoms with Crippen molar-refractivity contribution in [3.63, 3.8) is 0 Å². The molecule has 0 aromatic carbocycles. The number of amides is 1.